The highest BCUT2D eigenvalue weighted by atomic mass is 35.5. The predicted octanol–water partition coefficient (Wildman–Crippen LogP) is 4.06. The van der Waals surface area contributed by atoms with Gasteiger partial charge < -0.3 is 5.32 Å². The molecule has 2 rings (SSSR count). The molecular formula is C15H18Cl3N3. The average molecular weight is 347 g/mol. The van der Waals surface area contributed by atoms with E-state index in [1.54, 1.807) is 4.68 Å². The second-order valence-corrected chi connectivity index (χ2v) is 6.29. The lowest BCUT2D eigenvalue weighted by Gasteiger charge is -2.16. The Bertz CT molecular complexity index is 637. The van der Waals surface area contributed by atoms with E-state index in [0.29, 0.717) is 15.2 Å². The summed E-state index contributed by atoms with van der Waals surface area (Å²) in [7, 11) is 3.80. The van der Waals surface area contributed by atoms with Gasteiger partial charge in [-0.25, -0.2) is 0 Å². The van der Waals surface area contributed by atoms with Crippen LogP contribution in [0, 0.1) is 6.92 Å². The van der Waals surface area contributed by atoms with E-state index in [0.717, 1.165) is 29.7 Å². The molecule has 0 aliphatic carbocycles. The van der Waals surface area contributed by atoms with E-state index in [4.69, 9.17) is 34.8 Å². The summed E-state index contributed by atoms with van der Waals surface area (Å²) in [5.41, 5.74) is 3.19. The Morgan fingerprint density at radius 2 is 1.90 bits per heavy atom. The van der Waals surface area contributed by atoms with Crippen LogP contribution in [-0.4, -0.2) is 22.9 Å². The smallest absolute Gasteiger partial charge is 0.130 e. The van der Waals surface area contributed by atoms with Gasteiger partial charge in [-0.05, 0) is 44.5 Å². The van der Waals surface area contributed by atoms with Crippen LogP contribution in [0.15, 0.2) is 18.2 Å². The van der Waals surface area contributed by atoms with Gasteiger partial charge in [-0.2, -0.15) is 5.10 Å². The number of benzene rings is 1. The lowest BCUT2D eigenvalue weighted by atomic mass is 9.99. The lowest BCUT2D eigenvalue weighted by molar-refractivity contribution is 0.555. The molecule has 0 aliphatic rings. The molecule has 0 bridgehead atoms. The molecule has 21 heavy (non-hydrogen) atoms. The maximum absolute atomic E-state index is 6.30. The van der Waals surface area contributed by atoms with Crippen LogP contribution >= 0.6 is 34.8 Å². The Morgan fingerprint density at radius 3 is 2.43 bits per heavy atom. The SMILES string of the molecule is CNC(Cc1ccc(Cl)c(Cl)c1)Cc1c(C)nn(C)c1Cl. The van der Waals surface area contributed by atoms with Crippen LogP contribution in [0.1, 0.15) is 16.8 Å². The van der Waals surface area contributed by atoms with Gasteiger partial charge in [-0.1, -0.05) is 40.9 Å². The number of hydrogen-bond donors (Lipinski definition) is 1. The van der Waals surface area contributed by atoms with E-state index in [2.05, 4.69) is 10.4 Å². The van der Waals surface area contributed by atoms with Crippen LogP contribution in [0.2, 0.25) is 15.2 Å². The molecule has 0 spiro atoms. The number of hydrogen-bond acceptors (Lipinski definition) is 2. The van der Waals surface area contributed by atoms with Crippen LogP contribution in [0.25, 0.3) is 0 Å². The first-order chi connectivity index (χ1) is 9.92. The minimum absolute atomic E-state index is 0.252. The van der Waals surface area contributed by atoms with E-state index in [1.807, 2.05) is 39.2 Å². The molecule has 1 atom stereocenters. The van der Waals surface area contributed by atoms with Crippen LogP contribution in [0.3, 0.4) is 0 Å². The summed E-state index contributed by atoms with van der Waals surface area (Å²) in [6.45, 7) is 1.98. The number of nitrogens with zero attached hydrogens (tertiary/aromatic N) is 2. The van der Waals surface area contributed by atoms with Crippen LogP contribution in [-0.2, 0) is 19.9 Å². The summed E-state index contributed by atoms with van der Waals surface area (Å²) in [5.74, 6) is 0. The van der Waals surface area contributed by atoms with Gasteiger partial charge in [-0.15, -0.1) is 0 Å². The molecule has 114 valence electrons. The van der Waals surface area contributed by atoms with Gasteiger partial charge in [0.15, 0.2) is 0 Å². The number of likely N-dealkylation sites (N-methyl/N-ethyl adjacent to an activating group) is 1. The summed E-state index contributed by atoms with van der Waals surface area (Å²) >= 11 is 18.3. The Hall–Kier alpha value is -0.740. The minimum Gasteiger partial charge on any atom is -0.316 e. The van der Waals surface area contributed by atoms with Crippen molar-refractivity contribution in [2.75, 3.05) is 7.05 Å². The Morgan fingerprint density at radius 1 is 1.19 bits per heavy atom. The third-order valence-electron chi connectivity index (χ3n) is 3.59. The maximum Gasteiger partial charge on any atom is 0.130 e. The van der Waals surface area contributed by atoms with E-state index in [-0.39, 0.29) is 6.04 Å². The first-order valence-corrected chi connectivity index (χ1v) is 7.85. The minimum atomic E-state index is 0.252. The first kappa shape index (κ1) is 16.6. The number of aromatic nitrogens is 2. The molecule has 0 aliphatic heterocycles. The fraction of sp³-hybridized carbons (Fsp3) is 0.400. The summed E-state index contributed by atoms with van der Waals surface area (Å²) in [5, 5.41) is 9.53. The largest absolute Gasteiger partial charge is 0.316 e. The molecule has 0 amide bonds. The molecule has 0 radical (unpaired) electrons. The standard InChI is InChI=1S/C15H18Cl3N3/c1-9-12(15(18)21(3)20-9)8-11(19-2)6-10-4-5-13(16)14(17)7-10/h4-5,7,11,19H,6,8H2,1-3H3. The monoisotopic (exact) mass is 345 g/mol. The Kier molecular flexibility index (Phi) is 5.55. The molecule has 0 saturated carbocycles. The van der Waals surface area contributed by atoms with Gasteiger partial charge in [0.1, 0.15) is 5.15 Å². The molecular weight excluding hydrogens is 329 g/mol. The number of halogens is 3. The molecule has 1 aromatic carbocycles. The second-order valence-electron chi connectivity index (χ2n) is 5.12. The normalized spacial score (nSPS) is 12.7. The van der Waals surface area contributed by atoms with Crippen molar-refractivity contribution in [2.24, 2.45) is 7.05 Å². The van der Waals surface area contributed by atoms with Gasteiger partial charge in [0.2, 0.25) is 0 Å². The Balaban J connectivity index is 2.14. The average Bonchev–Trinajstić information content (AvgIpc) is 2.68. The number of rotatable bonds is 5. The molecule has 1 unspecified atom stereocenters. The van der Waals surface area contributed by atoms with E-state index in [1.165, 1.54) is 0 Å². The molecule has 1 aromatic heterocycles. The van der Waals surface area contributed by atoms with Crippen LogP contribution < -0.4 is 5.32 Å². The number of aryl methyl sites for hydroxylation is 2. The highest BCUT2D eigenvalue weighted by Crippen LogP contribution is 2.25. The van der Waals surface area contributed by atoms with E-state index < -0.39 is 0 Å². The van der Waals surface area contributed by atoms with E-state index in [9.17, 15) is 0 Å². The third kappa shape index (κ3) is 3.92. The zero-order valence-electron chi connectivity index (χ0n) is 12.3. The van der Waals surface area contributed by atoms with Gasteiger partial charge in [0, 0.05) is 18.7 Å². The van der Waals surface area contributed by atoms with Crippen molar-refractivity contribution in [3.63, 3.8) is 0 Å². The third-order valence-corrected chi connectivity index (χ3v) is 4.81. The number of nitrogens with one attached hydrogen (secondary N) is 1. The quantitative estimate of drug-likeness (QED) is 0.884. The zero-order chi connectivity index (χ0) is 15.6. The summed E-state index contributed by atoms with van der Waals surface area (Å²) in [6.07, 6.45) is 1.66. The van der Waals surface area contributed by atoms with Crippen LogP contribution in [0.4, 0.5) is 0 Å². The molecule has 0 fully saturated rings. The van der Waals surface area contributed by atoms with E-state index >= 15 is 0 Å². The van der Waals surface area contributed by atoms with Gasteiger partial charge in [0.05, 0.1) is 15.7 Å². The van der Waals surface area contributed by atoms with Crippen molar-refractivity contribution in [3.8, 4) is 0 Å². The molecule has 3 nitrogen and oxygen atoms in total. The molecule has 1 N–H and O–H groups in total. The van der Waals surface area contributed by atoms with Crippen molar-refractivity contribution in [1.82, 2.24) is 15.1 Å². The molecule has 6 heteroatoms. The summed E-state index contributed by atoms with van der Waals surface area (Å²) < 4.78 is 1.71. The summed E-state index contributed by atoms with van der Waals surface area (Å²) in [6, 6.07) is 5.99. The van der Waals surface area contributed by atoms with Crippen molar-refractivity contribution < 1.29 is 0 Å². The highest BCUT2D eigenvalue weighted by molar-refractivity contribution is 6.42. The Labute approximate surface area is 140 Å². The van der Waals surface area contributed by atoms with Crippen molar-refractivity contribution in [2.45, 2.75) is 25.8 Å². The second kappa shape index (κ2) is 7.01. The van der Waals surface area contributed by atoms with Gasteiger partial charge >= 0.3 is 0 Å². The van der Waals surface area contributed by atoms with Crippen molar-refractivity contribution in [3.05, 3.63) is 50.2 Å². The first-order valence-electron chi connectivity index (χ1n) is 6.71. The van der Waals surface area contributed by atoms with Gasteiger partial charge in [0.25, 0.3) is 0 Å². The van der Waals surface area contributed by atoms with Crippen LogP contribution in [0.5, 0.6) is 0 Å². The molecule has 1 heterocycles. The predicted molar refractivity (Wildman–Crippen MR) is 89.7 cm³/mol. The fourth-order valence-electron chi connectivity index (χ4n) is 2.38. The zero-order valence-corrected chi connectivity index (χ0v) is 14.5. The van der Waals surface area contributed by atoms with Gasteiger partial charge in [-0.3, -0.25) is 4.68 Å². The molecule has 2 aromatic rings. The fourth-order valence-corrected chi connectivity index (χ4v) is 2.95. The van der Waals surface area contributed by atoms with Crippen molar-refractivity contribution >= 4 is 34.8 Å². The topological polar surface area (TPSA) is 29.9 Å². The van der Waals surface area contributed by atoms with Crippen molar-refractivity contribution in [1.29, 1.82) is 0 Å². The molecule has 0 saturated heterocycles. The summed E-state index contributed by atoms with van der Waals surface area (Å²) in [4.78, 5) is 0. The maximum atomic E-state index is 6.30. The highest BCUT2D eigenvalue weighted by Gasteiger charge is 2.17. The lowest BCUT2D eigenvalue weighted by Crippen LogP contribution is -2.30.